The fourth-order valence-electron chi connectivity index (χ4n) is 1.95. The van der Waals surface area contributed by atoms with Crippen LogP contribution in [0.1, 0.15) is 19.4 Å². The molecular formula is C13H15NO2. The number of hydrogen-bond acceptors (Lipinski definition) is 2. The van der Waals surface area contributed by atoms with E-state index in [0.29, 0.717) is 6.54 Å². The maximum atomic E-state index is 11.8. The monoisotopic (exact) mass is 217 g/mol. The van der Waals surface area contributed by atoms with Gasteiger partial charge in [0.2, 0.25) is 11.8 Å². The average molecular weight is 217 g/mol. The van der Waals surface area contributed by atoms with Crippen molar-refractivity contribution in [2.75, 3.05) is 0 Å². The molecule has 2 rings (SSSR count). The standard InChI is InChI=1S/C13H15NO2/c1-9-10(2)13(16)14(12(9)15)8-11-6-4-3-5-7-11/h3-7,9-10H,8H2,1-2H3/t9-,10+. The minimum atomic E-state index is -0.184. The topological polar surface area (TPSA) is 37.4 Å². The predicted molar refractivity (Wildman–Crippen MR) is 60.3 cm³/mol. The van der Waals surface area contributed by atoms with Gasteiger partial charge in [-0.2, -0.15) is 0 Å². The van der Waals surface area contributed by atoms with Crippen molar-refractivity contribution in [2.24, 2.45) is 11.8 Å². The van der Waals surface area contributed by atoms with E-state index in [2.05, 4.69) is 0 Å². The third-order valence-electron chi connectivity index (χ3n) is 3.24. The molecule has 1 aromatic carbocycles. The summed E-state index contributed by atoms with van der Waals surface area (Å²) in [4.78, 5) is 25.0. The Morgan fingerprint density at radius 1 is 1.00 bits per heavy atom. The number of carbonyl (C=O) groups excluding carboxylic acids is 2. The third kappa shape index (κ3) is 1.73. The molecule has 0 aromatic heterocycles. The van der Waals surface area contributed by atoms with E-state index in [4.69, 9.17) is 0 Å². The molecule has 1 aromatic rings. The molecule has 0 spiro atoms. The Bertz CT molecular complexity index is 393. The molecule has 1 saturated heterocycles. The van der Waals surface area contributed by atoms with Gasteiger partial charge in [-0.25, -0.2) is 0 Å². The smallest absolute Gasteiger partial charge is 0.233 e. The summed E-state index contributed by atoms with van der Waals surface area (Å²) in [5.74, 6) is -0.477. The lowest BCUT2D eigenvalue weighted by atomic mass is 10.00. The number of rotatable bonds is 2. The van der Waals surface area contributed by atoms with Gasteiger partial charge in [-0.15, -0.1) is 0 Å². The maximum Gasteiger partial charge on any atom is 0.233 e. The summed E-state index contributed by atoms with van der Waals surface area (Å²) in [7, 11) is 0. The second-order valence-corrected chi connectivity index (χ2v) is 4.33. The molecule has 1 fully saturated rings. The summed E-state index contributed by atoms with van der Waals surface area (Å²) in [6.45, 7) is 4.03. The van der Waals surface area contributed by atoms with Crippen LogP contribution in [-0.2, 0) is 16.1 Å². The van der Waals surface area contributed by atoms with E-state index in [0.717, 1.165) is 5.56 Å². The van der Waals surface area contributed by atoms with E-state index < -0.39 is 0 Å². The van der Waals surface area contributed by atoms with Gasteiger partial charge in [0.15, 0.2) is 0 Å². The van der Waals surface area contributed by atoms with Gasteiger partial charge in [-0.1, -0.05) is 44.2 Å². The van der Waals surface area contributed by atoms with Crippen LogP contribution in [0.25, 0.3) is 0 Å². The van der Waals surface area contributed by atoms with E-state index in [9.17, 15) is 9.59 Å². The van der Waals surface area contributed by atoms with Gasteiger partial charge in [-0.05, 0) is 5.56 Å². The number of nitrogens with zero attached hydrogens (tertiary/aromatic N) is 1. The predicted octanol–water partition coefficient (Wildman–Crippen LogP) is 1.83. The largest absolute Gasteiger partial charge is 0.278 e. The number of amides is 2. The minimum Gasteiger partial charge on any atom is -0.278 e. The summed E-state index contributed by atoms with van der Waals surface area (Å²) >= 11 is 0. The summed E-state index contributed by atoms with van der Waals surface area (Å²) in [5.41, 5.74) is 0.991. The van der Waals surface area contributed by atoms with Crippen molar-refractivity contribution in [1.29, 1.82) is 0 Å². The number of imide groups is 1. The lowest BCUT2D eigenvalue weighted by Gasteiger charge is -2.14. The molecule has 2 atom stereocenters. The van der Waals surface area contributed by atoms with Crippen molar-refractivity contribution in [2.45, 2.75) is 20.4 Å². The van der Waals surface area contributed by atoms with E-state index in [1.165, 1.54) is 4.90 Å². The first kappa shape index (κ1) is 10.9. The van der Waals surface area contributed by atoms with E-state index in [1.54, 1.807) is 0 Å². The Kier molecular flexibility index (Phi) is 2.77. The quantitative estimate of drug-likeness (QED) is 0.709. The first-order chi connectivity index (χ1) is 7.61. The Morgan fingerprint density at radius 3 is 2.00 bits per heavy atom. The zero-order valence-electron chi connectivity index (χ0n) is 9.51. The lowest BCUT2D eigenvalue weighted by Crippen LogP contribution is -2.30. The Hall–Kier alpha value is -1.64. The Morgan fingerprint density at radius 2 is 1.50 bits per heavy atom. The highest BCUT2D eigenvalue weighted by molar-refractivity contribution is 6.04. The van der Waals surface area contributed by atoms with Gasteiger partial charge in [0, 0.05) is 11.8 Å². The normalized spacial score (nSPS) is 25.2. The summed E-state index contributed by atoms with van der Waals surface area (Å²) in [6.07, 6.45) is 0. The van der Waals surface area contributed by atoms with Crippen molar-refractivity contribution in [1.82, 2.24) is 4.90 Å². The highest BCUT2D eigenvalue weighted by Gasteiger charge is 2.41. The van der Waals surface area contributed by atoms with Gasteiger partial charge >= 0.3 is 0 Å². The zero-order valence-corrected chi connectivity index (χ0v) is 9.51. The summed E-state index contributed by atoms with van der Waals surface area (Å²) < 4.78 is 0. The van der Waals surface area contributed by atoms with Crippen molar-refractivity contribution in [3.8, 4) is 0 Å². The van der Waals surface area contributed by atoms with Crippen LogP contribution >= 0.6 is 0 Å². The van der Waals surface area contributed by atoms with Crippen LogP contribution in [0.3, 0.4) is 0 Å². The molecule has 0 radical (unpaired) electrons. The minimum absolute atomic E-state index is 0.0543. The van der Waals surface area contributed by atoms with Crippen LogP contribution in [0.2, 0.25) is 0 Å². The van der Waals surface area contributed by atoms with Crippen LogP contribution in [0, 0.1) is 11.8 Å². The third-order valence-corrected chi connectivity index (χ3v) is 3.24. The van der Waals surface area contributed by atoms with Crippen LogP contribution in [0.4, 0.5) is 0 Å². The molecule has 0 N–H and O–H groups in total. The molecule has 1 heterocycles. The molecule has 0 saturated carbocycles. The fourth-order valence-corrected chi connectivity index (χ4v) is 1.95. The van der Waals surface area contributed by atoms with E-state index in [1.807, 2.05) is 44.2 Å². The van der Waals surface area contributed by atoms with Crippen molar-refractivity contribution in [3.05, 3.63) is 35.9 Å². The molecule has 2 amide bonds. The first-order valence-electron chi connectivity index (χ1n) is 5.50. The van der Waals surface area contributed by atoms with Crippen LogP contribution < -0.4 is 0 Å². The molecule has 1 aliphatic heterocycles. The summed E-state index contributed by atoms with van der Waals surface area (Å²) in [6, 6.07) is 9.59. The highest BCUT2D eigenvalue weighted by atomic mass is 16.2. The number of likely N-dealkylation sites (tertiary alicyclic amines) is 1. The van der Waals surface area contributed by atoms with Crippen LogP contribution in [-0.4, -0.2) is 16.7 Å². The van der Waals surface area contributed by atoms with Gasteiger partial charge in [0.25, 0.3) is 0 Å². The van der Waals surface area contributed by atoms with Gasteiger partial charge in [0.05, 0.1) is 6.54 Å². The van der Waals surface area contributed by atoms with Crippen molar-refractivity contribution < 1.29 is 9.59 Å². The average Bonchev–Trinajstić information content (AvgIpc) is 2.48. The van der Waals surface area contributed by atoms with Gasteiger partial charge in [0.1, 0.15) is 0 Å². The van der Waals surface area contributed by atoms with Gasteiger partial charge < -0.3 is 0 Å². The number of benzene rings is 1. The molecule has 3 nitrogen and oxygen atoms in total. The molecule has 16 heavy (non-hydrogen) atoms. The first-order valence-corrected chi connectivity index (χ1v) is 5.50. The summed E-state index contributed by atoms with van der Waals surface area (Å²) in [5, 5.41) is 0. The maximum absolute atomic E-state index is 11.8. The molecule has 0 aliphatic carbocycles. The molecule has 3 heteroatoms. The number of carbonyl (C=O) groups is 2. The Labute approximate surface area is 95.1 Å². The molecule has 0 bridgehead atoms. The second kappa shape index (κ2) is 4.08. The van der Waals surface area contributed by atoms with Crippen molar-refractivity contribution in [3.63, 3.8) is 0 Å². The zero-order chi connectivity index (χ0) is 11.7. The second-order valence-electron chi connectivity index (χ2n) is 4.33. The molecule has 0 unspecified atom stereocenters. The fraction of sp³-hybridized carbons (Fsp3) is 0.385. The van der Waals surface area contributed by atoms with Crippen molar-refractivity contribution >= 4 is 11.8 Å². The molecule has 1 aliphatic rings. The van der Waals surface area contributed by atoms with Crippen LogP contribution in [0.5, 0.6) is 0 Å². The van der Waals surface area contributed by atoms with Gasteiger partial charge in [-0.3, -0.25) is 14.5 Å². The van der Waals surface area contributed by atoms with E-state index in [-0.39, 0.29) is 23.7 Å². The Balaban J connectivity index is 2.17. The highest BCUT2D eigenvalue weighted by Crippen LogP contribution is 2.26. The SMILES string of the molecule is C[C@@H]1C(=O)N(Cc2ccccc2)C(=O)[C@@H]1C. The molecular weight excluding hydrogens is 202 g/mol. The molecule has 84 valence electrons. The van der Waals surface area contributed by atoms with Crippen LogP contribution in [0.15, 0.2) is 30.3 Å². The number of hydrogen-bond donors (Lipinski definition) is 0. The lowest BCUT2D eigenvalue weighted by molar-refractivity contribution is -0.140. The van der Waals surface area contributed by atoms with E-state index >= 15 is 0 Å².